The van der Waals surface area contributed by atoms with Gasteiger partial charge < -0.3 is 9.47 Å². The molecule has 1 aliphatic carbocycles. The van der Waals surface area contributed by atoms with Crippen molar-refractivity contribution in [2.45, 2.75) is 38.2 Å². The molecular formula is C30H30N4O4. The SMILES string of the molecule is CCOC(=O)C1(c2cccc(-c3ccc(-c4nnn(C)c4NC(=O)OC(C)c4ccccc4)cc3)c2)CC1. The monoisotopic (exact) mass is 510 g/mol. The quantitative estimate of drug-likeness (QED) is 0.290. The molecule has 0 saturated heterocycles. The van der Waals surface area contributed by atoms with Crippen molar-refractivity contribution in [1.82, 2.24) is 15.0 Å². The molecular weight excluding hydrogens is 480 g/mol. The van der Waals surface area contributed by atoms with Gasteiger partial charge in [0, 0.05) is 12.6 Å². The Morgan fingerprint density at radius 2 is 1.68 bits per heavy atom. The highest BCUT2D eigenvalue weighted by Crippen LogP contribution is 2.49. The smallest absolute Gasteiger partial charge is 0.413 e. The van der Waals surface area contributed by atoms with Crippen LogP contribution >= 0.6 is 0 Å². The molecule has 3 aromatic carbocycles. The number of esters is 1. The van der Waals surface area contributed by atoms with Crippen molar-refractivity contribution in [1.29, 1.82) is 0 Å². The fourth-order valence-electron chi connectivity index (χ4n) is 4.59. The Balaban J connectivity index is 1.32. The van der Waals surface area contributed by atoms with E-state index in [0.717, 1.165) is 40.7 Å². The minimum atomic E-state index is -0.586. The van der Waals surface area contributed by atoms with Gasteiger partial charge in [-0.25, -0.2) is 9.48 Å². The largest absolute Gasteiger partial charge is 0.465 e. The summed E-state index contributed by atoms with van der Waals surface area (Å²) in [6, 6.07) is 25.5. The second kappa shape index (κ2) is 10.5. The van der Waals surface area contributed by atoms with E-state index in [4.69, 9.17) is 9.47 Å². The molecule has 4 aromatic rings. The number of rotatable bonds is 8. The molecule has 1 N–H and O–H groups in total. The molecule has 38 heavy (non-hydrogen) atoms. The van der Waals surface area contributed by atoms with Crippen LogP contribution in [0.5, 0.6) is 0 Å². The number of benzene rings is 3. The highest BCUT2D eigenvalue weighted by Gasteiger charge is 2.52. The lowest BCUT2D eigenvalue weighted by molar-refractivity contribution is -0.146. The van der Waals surface area contributed by atoms with Gasteiger partial charge in [-0.05, 0) is 48.9 Å². The Kier molecular flexibility index (Phi) is 6.96. The first kappa shape index (κ1) is 25.2. The molecule has 1 saturated carbocycles. The molecule has 1 amide bonds. The number of nitrogens with one attached hydrogen (secondary N) is 1. The van der Waals surface area contributed by atoms with Crippen molar-refractivity contribution >= 4 is 17.9 Å². The minimum Gasteiger partial charge on any atom is -0.465 e. The molecule has 0 radical (unpaired) electrons. The summed E-state index contributed by atoms with van der Waals surface area (Å²) in [6.07, 6.45) is 0.624. The molecule has 8 heteroatoms. The van der Waals surface area contributed by atoms with E-state index in [-0.39, 0.29) is 5.97 Å². The lowest BCUT2D eigenvalue weighted by Gasteiger charge is -2.15. The third kappa shape index (κ3) is 5.02. The van der Waals surface area contributed by atoms with Crippen LogP contribution in [0.4, 0.5) is 10.6 Å². The van der Waals surface area contributed by atoms with Crippen LogP contribution in [-0.4, -0.2) is 33.7 Å². The summed E-state index contributed by atoms with van der Waals surface area (Å²) in [7, 11) is 1.71. The molecule has 0 aliphatic heterocycles. The van der Waals surface area contributed by atoms with Gasteiger partial charge >= 0.3 is 12.1 Å². The zero-order valence-electron chi connectivity index (χ0n) is 21.7. The lowest BCUT2D eigenvalue weighted by Crippen LogP contribution is -2.23. The maximum atomic E-state index is 12.6. The zero-order valence-corrected chi connectivity index (χ0v) is 21.7. The van der Waals surface area contributed by atoms with E-state index in [0.29, 0.717) is 18.1 Å². The maximum Gasteiger partial charge on any atom is 0.413 e. The third-order valence-electron chi connectivity index (χ3n) is 6.92. The molecule has 1 aromatic heterocycles. The van der Waals surface area contributed by atoms with E-state index in [9.17, 15) is 9.59 Å². The van der Waals surface area contributed by atoms with E-state index in [2.05, 4.69) is 21.7 Å². The van der Waals surface area contributed by atoms with Crippen LogP contribution in [0.3, 0.4) is 0 Å². The predicted octanol–water partition coefficient (Wildman–Crippen LogP) is 6.05. The van der Waals surface area contributed by atoms with Gasteiger partial charge in [0.15, 0.2) is 5.82 Å². The number of anilines is 1. The van der Waals surface area contributed by atoms with Gasteiger partial charge in [-0.15, -0.1) is 5.10 Å². The number of aromatic nitrogens is 3. The van der Waals surface area contributed by atoms with Crippen LogP contribution in [-0.2, 0) is 26.7 Å². The second-order valence-corrected chi connectivity index (χ2v) is 9.45. The zero-order chi connectivity index (χ0) is 26.7. The number of nitrogens with zero attached hydrogens (tertiary/aromatic N) is 3. The van der Waals surface area contributed by atoms with Gasteiger partial charge in [-0.1, -0.05) is 84.1 Å². The first-order chi connectivity index (χ1) is 18.4. The van der Waals surface area contributed by atoms with Crippen molar-refractivity contribution in [3.05, 3.63) is 90.0 Å². The highest BCUT2D eigenvalue weighted by atomic mass is 16.6. The van der Waals surface area contributed by atoms with Gasteiger partial charge in [-0.3, -0.25) is 10.1 Å². The number of hydrogen-bond donors (Lipinski definition) is 1. The Hall–Kier alpha value is -4.46. The molecule has 0 spiro atoms. The summed E-state index contributed by atoms with van der Waals surface area (Å²) in [5, 5.41) is 11.1. The summed E-state index contributed by atoms with van der Waals surface area (Å²) in [6.45, 7) is 4.03. The molecule has 1 fully saturated rings. The summed E-state index contributed by atoms with van der Waals surface area (Å²) in [4.78, 5) is 25.2. The first-order valence-corrected chi connectivity index (χ1v) is 12.7. The van der Waals surface area contributed by atoms with Crippen LogP contribution in [0.1, 0.15) is 43.9 Å². The predicted molar refractivity (Wildman–Crippen MR) is 144 cm³/mol. The van der Waals surface area contributed by atoms with E-state index < -0.39 is 17.6 Å². The normalized spacial score (nSPS) is 14.4. The Morgan fingerprint density at radius 3 is 2.37 bits per heavy atom. The van der Waals surface area contributed by atoms with E-state index in [1.54, 1.807) is 7.05 Å². The molecule has 5 rings (SSSR count). The molecule has 1 atom stereocenters. The average molecular weight is 511 g/mol. The lowest BCUT2D eigenvalue weighted by atomic mass is 9.92. The molecule has 194 valence electrons. The van der Waals surface area contributed by atoms with Gasteiger partial charge in [0.25, 0.3) is 0 Å². The number of amides is 1. The van der Waals surface area contributed by atoms with Gasteiger partial charge in [0.1, 0.15) is 11.8 Å². The topological polar surface area (TPSA) is 95.3 Å². The van der Waals surface area contributed by atoms with Crippen LogP contribution in [0.25, 0.3) is 22.4 Å². The number of carbonyl (C=O) groups is 2. The number of carbonyl (C=O) groups excluding carboxylic acids is 2. The van der Waals surface area contributed by atoms with Gasteiger partial charge in [0.05, 0.1) is 12.0 Å². The number of ether oxygens (including phenoxy) is 2. The molecule has 1 aliphatic rings. The van der Waals surface area contributed by atoms with Crippen molar-refractivity contribution in [3.8, 4) is 22.4 Å². The van der Waals surface area contributed by atoms with E-state index >= 15 is 0 Å². The van der Waals surface area contributed by atoms with Crippen LogP contribution in [0.2, 0.25) is 0 Å². The van der Waals surface area contributed by atoms with Crippen molar-refractivity contribution < 1.29 is 19.1 Å². The highest BCUT2D eigenvalue weighted by molar-refractivity contribution is 5.89. The molecule has 1 unspecified atom stereocenters. The standard InChI is InChI=1S/C30H30N4O4/c1-4-37-28(35)30(17-18-30)25-12-8-11-24(19-25)22-13-15-23(16-14-22)26-27(34(3)33-32-26)31-29(36)38-20(2)21-9-6-5-7-10-21/h5-16,19-20H,4,17-18H2,1-3H3,(H,31,36). The molecule has 8 nitrogen and oxygen atoms in total. The average Bonchev–Trinajstić information content (AvgIpc) is 3.68. The van der Waals surface area contributed by atoms with Gasteiger partial charge in [0.2, 0.25) is 0 Å². The van der Waals surface area contributed by atoms with Crippen LogP contribution in [0, 0.1) is 0 Å². The van der Waals surface area contributed by atoms with E-state index in [1.165, 1.54) is 4.68 Å². The summed E-state index contributed by atoms with van der Waals surface area (Å²) < 4.78 is 12.4. The third-order valence-corrected chi connectivity index (χ3v) is 6.92. The fourth-order valence-corrected chi connectivity index (χ4v) is 4.59. The van der Waals surface area contributed by atoms with Crippen LogP contribution in [0.15, 0.2) is 78.9 Å². The van der Waals surface area contributed by atoms with Crippen molar-refractivity contribution in [2.75, 3.05) is 11.9 Å². The second-order valence-electron chi connectivity index (χ2n) is 9.45. The summed E-state index contributed by atoms with van der Waals surface area (Å²) >= 11 is 0. The number of aryl methyl sites for hydroxylation is 1. The van der Waals surface area contributed by atoms with Crippen molar-refractivity contribution in [2.24, 2.45) is 7.05 Å². The Bertz CT molecular complexity index is 1440. The maximum absolute atomic E-state index is 12.6. The minimum absolute atomic E-state index is 0.146. The molecule has 0 bridgehead atoms. The summed E-state index contributed by atoms with van der Waals surface area (Å²) in [5.74, 6) is 0.294. The number of hydrogen-bond acceptors (Lipinski definition) is 6. The van der Waals surface area contributed by atoms with Gasteiger partial charge in [-0.2, -0.15) is 0 Å². The van der Waals surface area contributed by atoms with Crippen molar-refractivity contribution in [3.63, 3.8) is 0 Å². The Morgan fingerprint density at radius 1 is 0.974 bits per heavy atom. The van der Waals surface area contributed by atoms with Crippen LogP contribution < -0.4 is 5.32 Å². The summed E-state index contributed by atoms with van der Waals surface area (Å²) in [5.41, 5.74) is 4.73. The molecule has 1 heterocycles. The first-order valence-electron chi connectivity index (χ1n) is 12.7. The Labute approximate surface area is 221 Å². The fraction of sp³-hybridized carbons (Fsp3) is 0.267. The van der Waals surface area contributed by atoms with E-state index in [1.807, 2.05) is 86.6 Å².